The van der Waals surface area contributed by atoms with E-state index >= 15 is 0 Å². The Morgan fingerprint density at radius 2 is 1.54 bits per heavy atom. The molecule has 1 aromatic heterocycles. The summed E-state index contributed by atoms with van der Waals surface area (Å²) < 4.78 is 23.1. The zero-order chi connectivity index (χ0) is 19.9. The van der Waals surface area contributed by atoms with Crippen LogP contribution in [0, 0.1) is 5.82 Å². The van der Waals surface area contributed by atoms with Crippen LogP contribution in [0.4, 0.5) is 4.39 Å². The van der Waals surface area contributed by atoms with Crippen molar-refractivity contribution in [1.29, 1.82) is 0 Å². The Labute approximate surface area is 160 Å². The van der Waals surface area contributed by atoms with E-state index in [1.54, 1.807) is 42.5 Å². The predicted molar refractivity (Wildman–Crippen MR) is 99.7 cm³/mol. The quantitative estimate of drug-likeness (QED) is 0.660. The zero-order valence-electron chi connectivity index (χ0n) is 15.0. The van der Waals surface area contributed by atoms with Gasteiger partial charge in [-0.25, -0.2) is 14.2 Å². The number of methoxy groups -OCH3 is 1. The number of pyridine rings is 1. The maximum absolute atomic E-state index is 12.9. The molecule has 0 fully saturated rings. The topological polar surface area (TPSA) is 77.5 Å². The van der Waals surface area contributed by atoms with Gasteiger partial charge in [-0.2, -0.15) is 0 Å². The largest absolute Gasteiger partial charge is 0.464 e. The van der Waals surface area contributed by atoms with Gasteiger partial charge in [-0.3, -0.25) is 4.79 Å². The third-order valence-corrected chi connectivity index (χ3v) is 3.80. The summed E-state index contributed by atoms with van der Waals surface area (Å²) in [6.07, 6.45) is 0. The highest BCUT2D eigenvalue weighted by Crippen LogP contribution is 2.21. The van der Waals surface area contributed by atoms with Gasteiger partial charge in [0.1, 0.15) is 28.7 Å². The minimum atomic E-state index is -0.605. The zero-order valence-corrected chi connectivity index (χ0v) is 15.0. The van der Waals surface area contributed by atoms with Crippen molar-refractivity contribution in [2.75, 3.05) is 7.11 Å². The molecule has 142 valence electrons. The molecule has 0 saturated carbocycles. The average molecular weight is 380 g/mol. The molecule has 7 heteroatoms. The first-order chi connectivity index (χ1) is 13.5. The van der Waals surface area contributed by atoms with E-state index in [2.05, 4.69) is 15.0 Å². The Hall–Kier alpha value is -3.74. The molecule has 0 radical (unpaired) electrons. The monoisotopic (exact) mass is 380 g/mol. The van der Waals surface area contributed by atoms with Crippen molar-refractivity contribution in [2.24, 2.45) is 0 Å². The second-order valence-corrected chi connectivity index (χ2v) is 5.78. The second-order valence-electron chi connectivity index (χ2n) is 5.78. The van der Waals surface area contributed by atoms with Crippen LogP contribution in [0.2, 0.25) is 0 Å². The van der Waals surface area contributed by atoms with E-state index in [0.717, 1.165) is 5.56 Å². The van der Waals surface area contributed by atoms with Crippen LogP contribution >= 0.6 is 0 Å². The van der Waals surface area contributed by atoms with Crippen molar-refractivity contribution in [1.82, 2.24) is 10.3 Å². The van der Waals surface area contributed by atoms with Crippen molar-refractivity contribution in [2.45, 2.75) is 6.54 Å². The van der Waals surface area contributed by atoms with E-state index in [1.165, 1.54) is 31.4 Å². The number of nitrogens with one attached hydrogen (secondary N) is 1. The first-order valence-corrected chi connectivity index (χ1v) is 8.41. The fraction of sp³-hybridized carbons (Fsp3) is 0.0952. The van der Waals surface area contributed by atoms with Crippen molar-refractivity contribution in [3.8, 4) is 11.5 Å². The van der Waals surface area contributed by atoms with E-state index in [0.29, 0.717) is 11.5 Å². The van der Waals surface area contributed by atoms with E-state index in [1.807, 2.05) is 0 Å². The normalized spacial score (nSPS) is 10.2. The number of rotatable bonds is 6. The number of nitrogens with zero attached hydrogens (tertiary/aromatic N) is 1. The highest BCUT2D eigenvalue weighted by atomic mass is 19.1. The molecule has 3 rings (SSSR count). The summed E-state index contributed by atoms with van der Waals surface area (Å²) in [7, 11) is 1.25. The maximum atomic E-state index is 12.9. The summed E-state index contributed by atoms with van der Waals surface area (Å²) in [4.78, 5) is 27.7. The molecule has 3 aromatic rings. The lowest BCUT2D eigenvalue weighted by atomic mass is 10.2. The molecule has 0 aliphatic rings. The molecule has 6 nitrogen and oxygen atoms in total. The third kappa shape index (κ3) is 4.91. The number of aromatic nitrogens is 1. The SMILES string of the molecule is COC(=O)c1cccc(C(=O)NCc2ccc(Oc3ccc(F)cc3)cc2)n1. The fourth-order valence-corrected chi connectivity index (χ4v) is 2.37. The smallest absolute Gasteiger partial charge is 0.356 e. The highest BCUT2D eigenvalue weighted by molar-refractivity contribution is 5.94. The number of esters is 1. The molecule has 0 aliphatic carbocycles. The third-order valence-electron chi connectivity index (χ3n) is 3.80. The fourth-order valence-electron chi connectivity index (χ4n) is 2.37. The molecule has 28 heavy (non-hydrogen) atoms. The van der Waals surface area contributed by atoms with Crippen LogP contribution in [-0.2, 0) is 11.3 Å². The number of hydrogen-bond donors (Lipinski definition) is 1. The van der Waals surface area contributed by atoms with Gasteiger partial charge in [-0.15, -0.1) is 0 Å². The number of carbonyl (C=O) groups excluding carboxylic acids is 2. The molecule has 0 aliphatic heterocycles. The summed E-state index contributed by atoms with van der Waals surface area (Å²) in [6.45, 7) is 0.278. The van der Waals surface area contributed by atoms with E-state index < -0.39 is 11.9 Å². The number of benzene rings is 2. The number of carbonyl (C=O) groups is 2. The predicted octanol–water partition coefficient (Wildman–Crippen LogP) is 3.73. The van der Waals surface area contributed by atoms with Gasteiger partial charge >= 0.3 is 5.97 Å². The summed E-state index contributed by atoms with van der Waals surface area (Å²) >= 11 is 0. The molecule has 0 spiro atoms. The van der Waals surface area contributed by atoms with Crippen molar-refractivity contribution in [3.63, 3.8) is 0 Å². The second kappa shape index (κ2) is 8.77. The van der Waals surface area contributed by atoms with Gasteiger partial charge in [0.2, 0.25) is 0 Å². The Bertz CT molecular complexity index is 972. The van der Waals surface area contributed by atoms with Gasteiger partial charge < -0.3 is 14.8 Å². The lowest BCUT2D eigenvalue weighted by Gasteiger charge is -2.08. The number of halogens is 1. The highest BCUT2D eigenvalue weighted by Gasteiger charge is 2.12. The van der Waals surface area contributed by atoms with Crippen molar-refractivity contribution < 1.29 is 23.5 Å². The summed E-state index contributed by atoms with van der Waals surface area (Å²) in [5, 5.41) is 2.74. The molecule has 1 heterocycles. The minimum Gasteiger partial charge on any atom is -0.464 e. The Morgan fingerprint density at radius 3 is 2.18 bits per heavy atom. The lowest BCUT2D eigenvalue weighted by Crippen LogP contribution is -2.24. The van der Waals surface area contributed by atoms with Gasteiger partial charge in [-0.05, 0) is 54.1 Å². The average Bonchev–Trinajstić information content (AvgIpc) is 2.74. The van der Waals surface area contributed by atoms with Gasteiger partial charge in [0, 0.05) is 6.54 Å². The number of hydrogen-bond acceptors (Lipinski definition) is 5. The molecular formula is C21H17FN2O4. The van der Waals surface area contributed by atoms with Crippen LogP contribution < -0.4 is 10.1 Å². The van der Waals surface area contributed by atoms with Crippen LogP contribution in [0.15, 0.2) is 66.7 Å². The van der Waals surface area contributed by atoms with Crippen LogP contribution in [-0.4, -0.2) is 24.0 Å². The number of amides is 1. The summed E-state index contributed by atoms with van der Waals surface area (Å²) in [5.74, 6) is -0.220. The lowest BCUT2D eigenvalue weighted by molar-refractivity contribution is 0.0594. The van der Waals surface area contributed by atoms with Crippen LogP contribution in [0.5, 0.6) is 11.5 Å². The molecular weight excluding hydrogens is 363 g/mol. The van der Waals surface area contributed by atoms with Gasteiger partial charge in [-0.1, -0.05) is 18.2 Å². The van der Waals surface area contributed by atoms with Crippen molar-refractivity contribution >= 4 is 11.9 Å². The molecule has 1 amide bonds. The summed E-state index contributed by atoms with van der Waals surface area (Å²) in [6, 6.07) is 17.4. The van der Waals surface area contributed by atoms with Crippen LogP contribution in [0.1, 0.15) is 26.5 Å². The van der Waals surface area contributed by atoms with E-state index in [-0.39, 0.29) is 23.7 Å². The minimum absolute atomic E-state index is 0.0671. The first kappa shape index (κ1) is 19.0. The molecule has 1 N–H and O–H groups in total. The maximum Gasteiger partial charge on any atom is 0.356 e. The van der Waals surface area contributed by atoms with E-state index in [4.69, 9.17) is 4.74 Å². The van der Waals surface area contributed by atoms with Crippen molar-refractivity contribution in [3.05, 3.63) is 89.5 Å². The summed E-state index contributed by atoms with van der Waals surface area (Å²) in [5.41, 5.74) is 1.04. The molecule has 0 unspecified atom stereocenters. The molecule has 2 aromatic carbocycles. The Balaban J connectivity index is 1.58. The standard InChI is InChI=1S/C21H17FN2O4/c1-27-21(26)19-4-2-3-18(24-19)20(25)23-13-14-5-9-16(10-6-14)28-17-11-7-15(22)8-12-17/h2-12H,13H2,1H3,(H,23,25). The first-order valence-electron chi connectivity index (χ1n) is 8.41. The van der Waals surface area contributed by atoms with Gasteiger partial charge in [0.05, 0.1) is 7.11 Å². The molecule has 0 bridgehead atoms. The van der Waals surface area contributed by atoms with Gasteiger partial charge in [0.25, 0.3) is 5.91 Å². The number of ether oxygens (including phenoxy) is 2. The molecule has 0 atom stereocenters. The molecule has 0 saturated heterocycles. The Morgan fingerprint density at radius 1 is 0.929 bits per heavy atom. The van der Waals surface area contributed by atoms with Crippen LogP contribution in [0.3, 0.4) is 0 Å². The van der Waals surface area contributed by atoms with Crippen LogP contribution in [0.25, 0.3) is 0 Å². The Kier molecular flexibility index (Phi) is 5.96. The van der Waals surface area contributed by atoms with Gasteiger partial charge in [0.15, 0.2) is 0 Å². The van der Waals surface area contributed by atoms with E-state index in [9.17, 15) is 14.0 Å².